The summed E-state index contributed by atoms with van der Waals surface area (Å²) in [5.41, 5.74) is 1.82. The molecule has 0 aromatic heterocycles. The fourth-order valence-electron chi connectivity index (χ4n) is 2.54. The van der Waals surface area contributed by atoms with Gasteiger partial charge in [-0.15, -0.1) is 0 Å². The van der Waals surface area contributed by atoms with Crippen molar-refractivity contribution in [3.63, 3.8) is 0 Å². The van der Waals surface area contributed by atoms with Gasteiger partial charge in [0.15, 0.2) is 11.6 Å². The quantitative estimate of drug-likeness (QED) is 0.754. The molecule has 0 fully saturated rings. The molecule has 2 rings (SSSR count). The molecule has 0 spiro atoms. The zero-order chi connectivity index (χ0) is 18.4. The Morgan fingerprint density at radius 3 is 2.56 bits per heavy atom. The van der Waals surface area contributed by atoms with Gasteiger partial charge in [-0.05, 0) is 49.4 Å². The summed E-state index contributed by atoms with van der Waals surface area (Å²) in [7, 11) is 3.26. The molecule has 0 aliphatic carbocycles. The number of amides is 1. The molecule has 1 atom stereocenters. The number of methoxy groups -OCH3 is 1. The number of ether oxygens (including phenoxy) is 1. The molecule has 0 aliphatic rings. The topological polar surface area (TPSA) is 41.6 Å². The minimum Gasteiger partial charge on any atom is -0.494 e. The summed E-state index contributed by atoms with van der Waals surface area (Å²) in [5, 5.41) is 2.97. The molecule has 0 saturated carbocycles. The van der Waals surface area contributed by atoms with Crippen LogP contribution in [0.1, 0.15) is 24.1 Å². The van der Waals surface area contributed by atoms with Crippen molar-refractivity contribution in [3.8, 4) is 5.75 Å². The van der Waals surface area contributed by atoms with Crippen LogP contribution in [0.4, 0.5) is 4.39 Å². The van der Waals surface area contributed by atoms with Crippen LogP contribution >= 0.6 is 15.9 Å². The van der Waals surface area contributed by atoms with E-state index in [4.69, 9.17) is 4.74 Å². The first-order valence-electron chi connectivity index (χ1n) is 7.95. The van der Waals surface area contributed by atoms with E-state index in [0.717, 1.165) is 15.6 Å². The first-order valence-corrected chi connectivity index (χ1v) is 8.74. The number of halogens is 2. The standard InChI is InChI=1S/C19H22BrFN2O2/c1-13(15-5-7-16(20)8-6-15)22-19(24)12-23(2)11-14-4-9-18(25-3)17(21)10-14/h4-10,13H,11-12H2,1-3H3,(H,22,24)/t13-/m0/s1. The Morgan fingerprint density at radius 1 is 1.28 bits per heavy atom. The summed E-state index contributed by atoms with van der Waals surface area (Å²) in [5.74, 6) is -0.263. The molecule has 0 unspecified atom stereocenters. The van der Waals surface area contributed by atoms with Crippen molar-refractivity contribution in [2.75, 3.05) is 20.7 Å². The Hall–Kier alpha value is -1.92. The second kappa shape index (κ2) is 8.97. The van der Waals surface area contributed by atoms with Gasteiger partial charge in [0.1, 0.15) is 0 Å². The first kappa shape index (κ1) is 19.4. The molecule has 1 N–H and O–H groups in total. The van der Waals surface area contributed by atoms with Gasteiger partial charge in [-0.3, -0.25) is 9.69 Å². The van der Waals surface area contributed by atoms with Crippen molar-refractivity contribution >= 4 is 21.8 Å². The molecular weight excluding hydrogens is 387 g/mol. The summed E-state index contributed by atoms with van der Waals surface area (Å²) < 4.78 is 19.6. The van der Waals surface area contributed by atoms with Crippen LogP contribution in [0.15, 0.2) is 46.9 Å². The van der Waals surface area contributed by atoms with Gasteiger partial charge in [0, 0.05) is 11.0 Å². The number of hydrogen-bond donors (Lipinski definition) is 1. The molecule has 0 saturated heterocycles. The Labute approximate surface area is 156 Å². The summed E-state index contributed by atoms with van der Waals surface area (Å²) >= 11 is 3.40. The van der Waals surface area contributed by atoms with Crippen LogP contribution < -0.4 is 10.1 Å². The van der Waals surface area contributed by atoms with Crippen molar-refractivity contribution in [3.05, 3.63) is 63.9 Å². The lowest BCUT2D eigenvalue weighted by molar-refractivity contribution is -0.122. The van der Waals surface area contributed by atoms with Gasteiger partial charge in [-0.25, -0.2) is 4.39 Å². The third kappa shape index (κ3) is 5.83. The molecule has 0 radical (unpaired) electrons. The van der Waals surface area contributed by atoms with Gasteiger partial charge in [-0.2, -0.15) is 0 Å². The Bertz CT molecular complexity index is 722. The molecule has 1 amide bonds. The van der Waals surface area contributed by atoms with E-state index < -0.39 is 5.82 Å². The van der Waals surface area contributed by atoms with Crippen molar-refractivity contribution in [1.29, 1.82) is 0 Å². The third-order valence-corrected chi connectivity index (χ3v) is 4.36. The highest BCUT2D eigenvalue weighted by Gasteiger charge is 2.12. The molecule has 25 heavy (non-hydrogen) atoms. The smallest absolute Gasteiger partial charge is 0.234 e. The molecule has 0 bridgehead atoms. The summed E-state index contributed by atoms with van der Waals surface area (Å²) in [6, 6.07) is 12.6. The fourth-order valence-corrected chi connectivity index (χ4v) is 2.81. The van der Waals surface area contributed by atoms with E-state index in [1.165, 1.54) is 13.2 Å². The minimum atomic E-state index is -0.401. The second-order valence-electron chi connectivity index (χ2n) is 5.98. The van der Waals surface area contributed by atoms with Crippen molar-refractivity contribution in [2.45, 2.75) is 19.5 Å². The van der Waals surface area contributed by atoms with Crippen LogP contribution in [0.3, 0.4) is 0 Å². The van der Waals surface area contributed by atoms with E-state index in [0.29, 0.717) is 6.54 Å². The third-order valence-electron chi connectivity index (χ3n) is 3.83. The number of rotatable bonds is 7. The highest BCUT2D eigenvalue weighted by molar-refractivity contribution is 9.10. The number of nitrogens with zero attached hydrogens (tertiary/aromatic N) is 1. The van der Waals surface area contributed by atoms with Gasteiger partial charge in [0.2, 0.25) is 5.91 Å². The zero-order valence-electron chi connectivity index (χ0n) is 14.6. The van der Waals surface area contributed by atoms with Crippen molar-refractivity contribution in [1.82, 2.24) is 10.2 Å². The van der Waals surface area contributed by atoms with Gasteiger partial charge in [-0.1, -0.05) is 34.1 Å². The second-order valence-corrected chi connectivity index (χ2v) is 6.90. The van der Waals surface area contributed by atoms with Crippen molar-refractivity contribution < 1.29 is 13.9 Å². The first-order chi connectivity index (χ1) is 11.9. The van der Waals surface area contributed by atoms with E-state index >= 15 is 0 Å². The van der Waals surface area contributed by atoms with Crippen molar-refractivity contribution in [2.24, 2.45) is 0 Å². The molecule has 0 aliphatic heterocycles. The van der Waals surface area contributed by atoms with E-state index in [9.17, 15) is 9.18 Å². The lowest BCUT2D eigenvalue weighted by Gasteiger charge is -2.19. The molecule has 6 heteroatoms. The summed E-state index contributed by atoms with van der Waals surface area (Å²) in [6.45, 7) is 2.65. The Morgan fingerprint density at radius 2 is 1.96 bits per heavy atom. The van der Waals surface area contributed by atoms with E-state index in [1.54, 1.807) is 12.1 Å². The SMILES string of the molecule is COc1ccc(CN(C)CC(=O)N[C@@H](C)c2ccc(Br)cc2)cc1F. The molecule has 2 aromatic rings. The molecular formula is C19H22BrFN2O2. The molecule has 4 nitrogen and oxygen atoms in total. The van der Waals surface area contributed by atoms with Crippen LogP contribution in [0.25, 0.3) is 0 Å². The zero-order valence-corrected chi connectivity index (χ0v) is 16.1. The molecule has 0 heterocycles. The number of nitrogens with one attached hydrogen (secondary N) is 1. The number of carbonyl (C=O) groups is 1. The largest absolute Gasteiger partial charge is 0.494 e. The lowest BCUT2D eigenvalue weighted by Crippen LogP contribution is -2.36. The predicted octanol–water partition coefficient (Wildman–Crippen LogP) is 3.91. The average Bonchev–Trinajstić information content (AvgIpc) is 2.55. The monoisotopic (exact) mass is 408 g/mol. The van der Waals surface area contributed by atoms with Gasteiger partial charge >= 0.3 is 0 Å². The highest BCUT2D eigenvalue weighted by Crippen LogP contribution is 2.19. The fraction of sp³-hybridized carbons (Fsp3) is 0.316. The van der Waals surface area contributed by atoms with Gasteiger partial charge in [0.25, 0.3) is 0 Å². The molecule has 134 valence electrons. The molecule has 2 aromatic carbocycles. The van der Waals surface area contributed by atoms with Crippen LogP contribution in [0.5, 0.6) is 5.75 Å². The maximum Gasteiger partial charge on any atom is 0.234 e. The number of benzene rings is 2. The average molecular weight is 409 g/mol. The van der Waals surface area contributed by atoms with E-state index in [-0.39, 0.29) is 24.2 Å². The Kier molecular flexibility index (Phi) is 6.96. The predicted molar refractivity (Wildman–Crippen MR) is 100.0 cm³/mol. The maximum absolute atomic E-state index is 13.7. The minimum absolute atomic E-state index is 0.0765. The van der Waals surface area contributed by atoms with E-state index in [1.807, 2.05) is 43.1 Å². The van der Waals surface area contributed by atoms with E-state index in [2.05, 4.69) is 21.2 Å². The van der Waals surface area contributed by atoms with Crippen LogP contribution in [-0.4, -0.2) is 31.5 Å². The highest BCUT2D eigenvalue weighted by atomic mass is 79.9. The normalized spacial score (nSPS) is 12.1. The summed E-state index contributed by atoms with van der Waals surface area (Å²) in [6.07, 6.45) is 0. The van der Waals surface area contributed by atoms with Crippen LogP contribution in [0.2, 0.25) is 0 Å². The summed E-state index contributed by atoms with van der Waals surface area (Å²) in [4.78, 5) is 14.0. The lowest BCUT2D eigenvalue weighted by atomic mass is 10.1. The number of carbonyl (C=O) groups excluding carboxylic acids is 1. The number of hydrogen-bond acceptors (Lipinski definition) is 3. The van der Waals surface area contributed by atoms with Crippen LogP contribution in [0, 0.1) is 5.82 Å². The van der Waals surface area contributed by atoms with Crippen LogP contribution in [-0.2, 0) is 11.3 Å². The van der Waals surface area contributed by atoms with Gasteiger partial charge in [0.05, 0.1) is 19.7 Å². The Balaban J connectivity index is 1.87. The number of likely N-dealkylation sites (N-methyl/N-ethyl adjacent to an activating group) is 1. The van der Waals surface area contributed by atoms with Gasteiger partial charge < -0.3 is 10.1 Å². The maximum atomic E-state index is 13.7.